The quantitative estimate of drug-likeness (QED) is 0.296. The zero-order valence-corrected chi connectivity index (χ0v) is 15.7. The number of rotatable bonds is 9. The Balaban J connectivity index is 1.98. The minimum Gasteiger partial charge on any atom is -0.457 e. The number of nitrogens with zero attached hydrogens (tertiary/aromatic N) is 1. The van der Waals surface area contributed by atoms with Crippen molar-refractivity contribution in [2.45, 2.75) is 19.4 Å². The van der Waals surface area contributed by atoms with Crippen molar-refractivity contribution in [2.75, 3.05) is 13.2 Å². The van der Waals surface area contributed by atoms with Gasteiger partial charge >= 0.3 is 12.1 Å². The largest absolute Gasteiger partial charge is 0.457 e. The van der Waals surface area contributed by atoms with Gasteiger partial charge in [-0.3, -0.25) is 19.7 Å². The van der Waals surface area contributed by atoms with Crippen molar-refractivity contribution in [1.29, 1.82) is 0 Å². The molecule has 0 fully saturated rings. The van der Waals surface area contributed by atoms with Crippen molar-refractivity contribution >= 4 is 23.5 Å². The Morgan fingerprint density at radius 3 is 2.45 bits per heavy atom. The van der Waals surface area contributed by atoms with Gasteiger partial charge in [-0.15, -0.1) is 0 Å². The number of nitro groups is 1. The average molecular weight is 400 g/mol. The number of nitrogens with one attached hydrogen (secondary N) is 1. The Morgan fingerprint density at radius 2 is 1.79 bits per heavy atom. The van der Waals surface area contributed by atoms with E-state index in [1.54, 1.807) is 37.3 Å². The molecule has 9 nitrogen and oxygen atoms in total. The number of benzene rings is 2. The summed E-state index contributed by atoms with van der Waals surface area (Å²) in [6.45, 7) is 1.27. The van der Waals surface area contributed by atoms with Gasteiger partial charge in [0.1, 0.15) is 0 Å². The lowest BCUT2D eigenvalue weighted by Crippen LogP contribution is -2.31. The van der Waals surface area contributed by atoms with Gasteiger partial charge in [-0.05, 0) is 12.5 Å². The van der Waals surface area contributed by atoms with Crippen LogP contribution in [0.1, 0.15) is 35.3 Å². The van der Waals surface area contributed by atoms with Crippen LogP contribution in [0.3, 0.4) is 0 Å². The lowest BCUT2D eigenvalue weighted by molar-refractivity contribution is -0.384. The molecule has 152 valence electrons. The fourth-order valence-electron chi connectivity index (χ4n) is 2.50. The van der Waals surface area contributed by atoms with Crippen LogP contribution >= 0.6 is 0 Å². The molecule has 0 aromatic heterocycles. The van der Waals surface area contributed by atoms with E-state index in [-0.39, 0.29) is 24.3 Å². The first-order valence-electron chi connectivity index (χ1n) is 8.82. The summed E-state index contributed by atoms with van der Waals surface area (Å²) in [4.78, 5) is 46.3. The zero-order valence-electron chi connectivity index (χ0n) is 15.7. The molecule has 0 unspecified atom stereocenters. The highest BCUT2D eigenvalue weighted by atomic mass is 16.6. The molecule has 0 saturated carbocycles. The molecule has 2 aromatic rings. The predicted octanol–water partition coefficient (Wildman–Crippen LogP) is 3.20. The maximum absolute atomic E-state index is 12.2. The Bertz CT molecular complexity index is 883. The van der Waals surface area contributed by atoms with E-state index in [9.17, 15) is 24.5 Å². The molecule has 0 aliphatic heterocycles. The molecule has 0 heterocycles. The first-order valence-corrected chi connectivity index (χ1v) is 8.82. The van der Waals surface area contributed by atoms with Gasteiger partial charge in [-0.1, -0.05) is 42.5 Å². The number of ketones is 1. The van der Waals surface area contributed by atoms with E-state index in [1.807, 2.05) is 0 Å². The Morgan fingerprint density at radius 1 is 1.07 bits per heavy atom. The van der Waals surface area contributed by atoms with E-state index in [2.05, 4.69) is 5.32 Å². The number of non-ortho nitro benzene ring substituents is 1. The van der Waals surface area contributed by atoms with Crippen molar-refractivity contribution in [3.63, 3.8) is 0 Å². The number of Topliss-reactive ketones (excluding diaryl/α,β-unsaturated/α-hetero) is 1. The van der Waals surface area contributed by atoms with E-state index in [0.29, 0.717) is 5.56 Å². The summed E-state index contributed by atoms with van der Waals surface area (Å²) in [6, 6.07) is 13.2. The minimum absolute atomic E-state index is 0.0660. The number of esters is 1. The van der Waals surface area contributed by atoms with Crippen molar-refractivity contribution in [2.24, 2.45) is 0 Å². The molecule has 2 aromatic carbocycles. The molecule has 0 aliphatic rings. The van der Waals surface area contributed by atoms with Crippen molar-refractivity contribution in [1.82, 2.24) is 5.32 Å². The van der Waals surface area contributed by atoms with Crippen LogP contribution in [0.25, 0.3) is 0 Å². The molecule has 2 rings (SSSR count). The molecule has 0 radical (unpaired) electrons. The lowest BCUT2D eigenvalue weighted by Gasteiger charge is -2.18. The van der Waals surface area contributed by atoms with Gasteiger partial charge in [0.05, 0.1) is 24.0 Å². The second-order valence-electron chi connectivity index (χ2n) is 5.92. The maximum atomic E-state index is 12.2. The number of hydrogen-bond acceptors (Lipinski definition) is 7. The van der Waals surface area contributed by atoms with Gasteiger partial charge in [0, 0.05) is 17.7 Å². The van der Waals surface area contributed by atoms with Crippen LogP contribution in [-0.2, 0) is 14.3 Å². The van der Waals surface area contributed by atoms with E-state index in [4.69, 9.17) is 9.47 Å². The molecule has 0 bridgehead atoms. The predicted molar refractivity (Wildman–Crippen MR) is 102 cm³/mol. The zero-order chi connectivity index (χ0) is 21.2. The second kappa shape index (κ2) is 10.5. The first-order chi connectivity index (χ1) is 13.9. The lowest BCUT2D eigenvalue weighted by atomic mass is 10.0. The third-order valence-corrected chi connectivity index (χ3v) is 3.88. The third kappa shape index (κ3) is 6.73. The maximum Gasteiger partial charge on any atom is 0.407 e. The monoisotopic (exact) mass is 400 g/mol. The summed E-state index contributed by atoms with van der Waals surface area (Å²) < 4.78 is 9.85. The van der Waals surface area contributed by atoms with Crippen LogP contribution < -0.4 is 5.32 Å². The van der Waals surface area contributed by atoms with Crippen LogP contribution in [0, 0.1) is 10.1 Å². The molecule has 0 spiro atoms. The highest BCUT2D eigenvalue weighted by molar-refractivity contribution is 5.98. The third-order valence-electron chi connectivity index (χ3n) is 3.88. The number of hydrogen-bond donors (Lipinski definition) is 1. The summed E-state index contributed by atoms with van der Waals surface area (Å²) in [6.07, 6.45) is -0.896. The summed E-state index contributed by atoms with van der Waals surface area (Å²) in [7, 11) is 0. The summed E-state index contributed by atoms with van der Waals surface area (Å²) >= 11 is 0. The molecule has 29 heavy (non-hydrogen) atoms. The van der Waals surface area contributed by atoms with Gasteiger partial charge in [0.25, 0.3) is 5.69 Å². The molecule has 1 atom stereocenters. The van der Waals surface area contributed by atoms with Crippen molar-refractivity contribution in [3.05, 3.63) is 75.8 Å². The van der Waals surface area contributed by atoms with Crippen LogP contribution in [0.5, 0.6) is 0 Å². The molecule has 1 amide bonds. The Hall–Kier alpha value is -3.75. The summed E-state index contributed by atoms with van der Waals surface area (Å²) in [5.74, 6) is -1.29. The highest BCUT2D eigenvalue weighted by Crippen LogP contribution is 2.18. The van der Waals surface area contributed by atoms with Crippen LogP contribution in [0.4, 0.5) is 10.5 Å². The SMILES string of the molecule is CCOC(=O)N[C@H](CC(=O)OCC(=O)c1cccc([N+](=O)[O-])c1)c1ccccc1. The van der Waals surface area contributed by atoms with E-state index >= 15 is 0 Å². The highest BCUT2D eigenvalue weighted by Gasteiger charge is 2.21. The second-order valence-corrected chi connectivity index (χ2v) is 5.92. The number of carbonyl (C=O) groups is 3. The molecule has 0 saturated heterocycles. The number of carbonyl (C=O) groups excluding carboxylic acids is 3. The standard InChI is InChI=1S/C20H20N2O7/c1-2-28-20(25)21-17(14-7-4-3-5-8-14)12-19(24)29-13-18(23)15-9-6-10-16(11-15)22(26)27/h3-11,17H,2,12-13H2,1H3,(H,21,25)/t17-/m1/s1. The molecule has 1 N–H and O–H groups in total. The van der Waals surface area contributed by atoms with Crippen molar-refractivity contribution in [3.8, 4) is 0 Å². The number of ether oxygens (including phenoxy) is 2. The number of nitro benzene ring substituents is 1. The smallest absolute Gasteiger partial charge is 0.407 e. The first kappa shape index (κ1) is 21.5. The van der Waals surface area contributed by atoms with Crippen LogP contribution in [0.15, 0.2) is 54.6 Å². The fraction of sp³-hybridized carbons (Fsp3) is 0.250. The Labute approximate surface area is 166 Å². The topological polar surface area (TPSA) is 125 Å². The van der Waals surface area contributed by atoms with Gasteiger partial charge in [-0.2, -0.15) is 0 Å². The van der Waals surface area contributed by atoms with Gasteiger partial charge in [0.15, 0.2) is 6.61 Å². The van der Waals surface area contributed by atoms with Gasteiger partial charge in [0.2, 0.25) is 5.78 Å². The van der Waals surface area contributed by atoms with Crippen LogP contribution in [0.2, 0.25) is 0 Å². The average Bonchev–Trinajstić information content (AvgIpc) is 2.72. The number of amides is 1. The van der Waals surface area contributed by atoms with E-state index < -0.39 is 35.4 Å². The van der Waals surface area contributed by atoms with Crippen LogP contribution in [-0.4, -0.2) is 36.0 Å². The van der Waals surface area contributed by atoms with E-state index in [1.165, 1.54) is 18.2 Å². The molecule has 9 heteroatoms. The normalized spacial score (nSPS) is 11.2. The van der Waals surface area contributed by atoms with Crippen molar-refractivity contribution < 1.29 is 28.8 Å². The fourth-order valence-corrected chi connectivity index (χ4v) is 2.50. The Kier molecular flexibility index (Phi) is 7.84. The molecular weight excluding hydrogens is 380 g/mol. The molecule has 0 aliphatic carbocycles. The van der Waals surface area contributed by atoms with Gasteiger partial charge in [-0.25, -0.2) is 4.79 Å². The minimum atomic E-state index is -0.713. The van der Waals surface area contributed by atoms with Gasteiger partial charge < -0.3 is 14.8 Å². The van der Waals surface area contributed by atoms with E-state index in [0.717, 1.165) is 6.07 Å². The summed E-state index contributed by atoms with van der Waals surface area (Å²) in [5.41, 5.74) is 0.503. The molecular formula is C20H20N2O7. The number of alkyl carbamates (subject to hydrolysis) is 1. The summed E-state index contributed by atoms with van der Waals surface area (Å²) in [5, 5.41) is 13.4.